The van der Waals surface area contributed by atoms with E-state index in [4.69, 9.17) is 16.3 Å². The highest BCUT2D eigenvalue weighted by Gasteiger charge is 2.74. The van der Waals surface area contributed by atoms with Crippen LogP contribution in [0.2, 0.25) is 5.02 Å². The number of carbonyl (C=O) groups is 4. The van der Waals surface area contributed by atoms with Crippen LogP contribution in [-0.4, -0.2) is 29.0 Å². The maximum Gasteiger partial charge on any atom is 0.241 e. The molecule has 1 aliphatic carbocycles. The second-order valence-electron chi connectivity index (χ2n) is 8.65. The van der Waals surface area contributed by atoms with E-state index >= 15 is 0 Å². The Morgan fingerprint density at radius 1 is 0.886 bits per heavy atom. The second-order valence-corrected chi connectivity index (χ2v) is 9.97. The fourth-order valence-electron chi connectivity index (χ4n) is 5.38. The van der Waals surface area contributed by atoms with E-state index in [-0.39, 0.29) is 21.8 Å². The average molecular weight is 555 g/mol. The van der Waals surface area contributed by atoms with Gasteiger partial charge in [-0.05, 0) is 35.9 Å². The number of ketones is 2. The van der Waals surface area contributed by atoms with Crippen LogP contribution in [0.1, 0.15) is 32.4 Å². The number of ether oxygens (including phenoxy) is 1. The van der Waals surface area contributed by atoms with Gasteiger partial charge >= 0.3 is 0 Å². The minimum Gasteiger partial charge on any atom is -0.349 e. The fraction of sp³-hybridized carbons (Fsp3) is 0.154. The van der Waals surface area contributed by atoms with E-state index in [1.807, 2.05) is 0 Å². The molecule has 0 aromatic heterocycles. The predicted octanol–water partition coefficient (Wildman–Crippen LogP) is 4.94. The van der Waals surface area contributed by atoms with Crippen molar-refractivity contribution in [2.75, 3.05) is 4.90 Å². The van der Waals surface area contributed by atoms with Crippen molar-refractivity contribution >= 4 is 56.6 Å². The topological polar surface area (TPSA) is 80.8 Å². The summed E-state index contributed by atoms with van der Waals surface area (Å²) in [5.41, 5.74) is -1.29. The van der Waals surface area contributed by atoms with Gasteiger partial charge in [-0.25, -0.2) is 9.29 Å². The number of hydrogen-bond donors (Lipinski definition) is 0. The molecule has 1 spiro atoms. The molecule has 2 heterocycles. The number of hydrogen-bond acceptors (Lipinski definition) is 5. The molecule has 35 heavy (non-hydrogen) atoms. The molecule has 3 aliphatic rings. The van der Waals surface area contributed by atoms with Crippen molar-refractivity contribution in [2.45, 2.75) is 11.7 Å². The summed E-state index contributed by atoms with van der Waals surface area (Å²) >= 11 is 9.31. The molecule has 0 saturated carbocycles. The molecular formula is C26H14BrClFNO5. The normalized spacial score (nSPS) is 24.4. The second kappa shape index (κ2) is 7.65. The minimum atomic E-state index is -2.17. The van der Waals surface area contributed by atoms with Crippen LogP contribution in [0.5, 0.6) is 0 Å². The Bertz CT molecular complexity index is 1460. The summed E-state index contributed by atoms with van der Waals surface area (Å²) in [7, 11) is 0. The summed E-state index contributed by atoms with van der Waals surface area (Å²) in [5, 5.41) is -0.268. The van der Waals surface area contributed by atoms with Crippen LogP contribution in [0.4, 0.5) is 10.1 Å². The zero-order valence-corrected chi connectivity index (χ0v) is 20.0. The Morgan fingerprint density at radius 2 is 1.57 bits per heavy atom. The summed E-state index contributed by atoms with van der Waals surface area (Å²) in [5.74, 6) is -5.97. The van der Waals surface area contributed by atoms with Crippen molar-refractivity contribution in [3.63, 3.8) is 0 Å². The lowest BCUT2D eigenvalue weighted by molar-refractivity contribution is -0.127. The van der Waals surface area contributed by atoms with Crippen molar-refractivity contribution in [3.8, 4) is 0 Å². The smallest absolute Gasteiger partial charge is 0.241 e. The van der Waals surface area contributed by atoms with Gasteiger partial charge in [0.1, 0.15) is 5.82 Å². The van der Waals surface area contributed by atoms with Crippen LogP contribution >= 0.6 is 27.5 Å². The summed E-state index contributed by atoms with van der Waals surface area (Å²) in [6.45, 7) is 0. The van der Waals surface area contributed by atoms with Gasteiger partial charge in [0.25, 0.3) is 0 Å². The molecule has 6 rings (SSSR count). The van der Waals surface area contributed by atoms with Crippen LogP contribution < -0.4 is 4.90 Å². The van der Waals surface area contributed by atoms with Gasteiger partial charge in [0.05, 0.1) is 28.6 Å². The number of benzene rings is 3. The highest BCUT2D eigenvalue weighted by molar-refractivity contribution is 9.10. The number of amides is 2. The fourth-order valence-corrected chi connectivity index (χ4v) is 5.97. The van der Waals surface area contributed by atoms with Gasteiger partial charge in [-0.15, -0.1) is 0 Å². The van der Waals surface area contributed by atoms with Crippen LogP contribution in [0, 0.1) is 17.7 Å². The van der Waals surface area contributed by atoms with Gasteiger partial charge in [-0.3, -0.25) is 19.2 Å². The van der Waals surface area contributed by atoms with Crippen molar-refractivity contribution in [3.05, 3.63) is 98.7 Å². The number of Topliss-reactive ketones (excluding diaryl/α,β-unsaturated/α-hetero) is 2. The maximum absolute atomic E-state index is 13.8. The molecule has 2 aliphatic heterocycles. The average Bonchev–Trinajstić information content (AvgIpc) is 3.41. The van der Waals surface area contributed by atoms with Crippen molar-refractivity contribution in [1.82, 2.24) is 0 Å². The Balaban J connectivity index is 1.55. The quantitative estimate of drug-likeness (QED) is 0.331. The lowest BCUT2D eigenvalue weighted by atomic mass is 9.77. The molecule has 3 aromatic carbocycles. The third-order valence-corrected chi connectivity index (χ3v) is 7.64. The standard InChI is InChI=1S/C26H14BrClFNO5/c27-13-5-3-4-12(10-13)21-19-20(25(34)30(24(19)33)14-8-9-18(29)17(28)11-14)26(35-21)22(31)15-6-1-2-7-16(15)23(26)32/h1-11,19-21H/t19-,20-,21-/m1/s1. The number of anilines is 1. The Labute approximate surface area is 211 Å². The molecule has 0 unspecified atom stereocenters. The number of nitrogens with zero attached hydrogens (tertiary/aromatic N) is 1. The summed E-state index contributed by atoms with van der Waals surface area (Å²) in [4.78, 5) is 55.8. The maximum atomic E-state index is 13.8. The molecular weight excluding hydrogens is 541 g/mol. The highest BCUT2D eigenvalue weighted by atomic mass is 79.9. The molecule has 2 saturated heterocycles. The first-order valence-corrected chi connectivity index (χ1v) is 11.9. The lowest BCUT2D eigenvalue weighted by Gasteiger charge is -2.27. The van der Waals surface area contributed by atoms with E-state index in [1.54, 1.807) is 36.4 Å². The molecule has 0 radical (unpaired) electrons. The molecule has 174 valence electrons. The van der Waals surface area contributed by atoms with E-state index < -0.39 is 52.7 Å². The molecule has 2 fully saturated rings. The Hall–Kier alpha value is -3.20. The van der Waals surface area contributed by atoms with Gasteiger partial charge in [-0.1, -0.05) is 63.9 Å². The van der Waals surface area contributed by atoms with Crippen molar-refractivity contribution in [2.24, 2.45) is 11.8 Å². The highest BCUT2D eigenvalue weighted by Crippen LogP contribution is 2.57. The summed E-state index contributed by atoms with van der Waals surface area (Å²) < 4.78 is 20.7. The van der Waals surface area contributed by atoms with Gasteiger partial charge in [0.15, 0.2) is 0 Å². The van der Waals surface area contributed by atoms with E-state index in [1.165, 1.54) is 24.3 Å². The van der Waals surface area contributed by atoms with Crippen LogP contribution in [0.15, 0.2) is 71.2 Å². The van der Waals surface area contributed by atoms with E-state index in [0.29, 0.717) is 10.0 Å². The summed E-state index contributed by atoms with van der Waals surface area (Å²) in [6, 6.07) is 16.7. The SMILES string of the molecule is O=C1[C@H]2[C@@H](c3cccc(Br)c3)OC3(C(=O)c4ccccc4C3=O)[C@H]2C(=O)N1c1ccc(F)c(Cl)c1. The van der Waals surface area contributed by atoms with Crippen molar-refractivity contribution < 1.29 is 28.3 Å². The van der Waals surface area contributed by atoms with E-state index in [9.17, 15) is 23.6 Å². The first-order chi connectivity index (χ1) is 16.8. The van der Waals surface area contributed by atoms with Crippen LogP contribution in [0.25, 0.3) is 0 Å². The molecule has 0 bridgehead atoms. The van der Waals surface area contributed by atoms with Gasteiger partial charge in [-0.2, -0.15) is 0 Å². The van der Waals surface area contributed by atoms with Crippen LogP contribution in [-0.2, 0) is 14.3 Å². The predicted molar refractivity (Wildman–Crippen MR) is 127 cm³/mol. The van der Waals surface area contributed by atoms with Gasteiger partial charge in [0.2, 0.25) is 29.0 Å². The minimum absolute atomic E-state index is 0.0550. The first kappa shape index (κ1) is 22.3. The molecule has 9 heteroatoms. The number of fused-ring (bicyclic) bond motifs is 3. The molecule has 0 N–H and O–H groups in total. The summed E-state index contributed by atoms with van der Waals surface area (Å²) in [6.07, 6.45) is -1.04. The zero-order chi connectivity index (χ0) is 24.6. The number of rotatable bonds is 2. The van der Waals surface area contributed by atoms with E-state index in [0.717, 1.165) is 11.0 Å². The first-order valence-electron chi connectivity index (χ1n) is 10.7. The monoisotopic (exact) mass is 553 g/mol. The lowest BCUT2D eigenvalue weighted by Crippen LogP contribution is -2.51. The number of carbonyl (C=O) groups excluding carboxylic acids is 4. The van der Waals surface area contributed by atoms with Gasteiger partial charge < -0.3 is 4.74 Å². The third kappa shape index (κ3) is 2.90. The number of halogens is 3. The number of imide groups is 1. The molecule has 3 aromatic rings. The third-order valence-electron chi connectivity index (χ3n) is 6.86. The Morgan fingerprint density at radius 3 is 2.20 bits per heavy atom. The molecule has 6 nitrogen and oxygen atoms in total. The van der Waals surface area contributed by atoms with Crippen LogP contribution in [0.3, 0.4) is 0 Å². The van der Waals surface area contributed by atoms with E-state index in [2.05, 4.69) is 15.9 Å². The molecule has 3 atom stereocenters. The molecule has 2 amide bonds. The Kier molecular flexibility index (Phi) is 4.87. The van der Waals surface area contributed by atoms with Gasteiger partial charge in [0, 0.05) is 15.6 Å². The van der Waals surface area contributed by atoms with Crippen molar-refractivity contribution in [1.29, 1.82) is 0 Å². The zero-order valence-electron chi connectivity index (χ0n) is 17.7. The largest absolute Gasteiger partial charge is 0.349 e.